The van der Waals surface area contributed by atoms with Crippen LogP contribution in [0, 0.1) is 24.1 Å². The molecule has 1 fully saturated rings. The van der Waals surface area contributed by atoms with Gasteiger partial charge in [0.1, 0.15) is 22.8 Å². The van der Waals surface area contributed by atoms with Crippen LogP contribution in [0.3, 0.4) is 0 Å². The molecular formula is C22H20F4N4O2S. The molecule has 3 aromatic rings. The quantitative estimate of drug-likeness (QED) is 0.521. The SMILES string of the molecule is [2H][C@@](C)(NS(=O)(=O)c1ccc(-c2c(C#N)c3cc(F)c(C)cc3n2C2CCC2)nc1)C(F)(F)F. The van der Waals surface area contributed by atoms with Gasteiger partial charge in [0.15, 0.2) is 0 Å². The number of fused-ring (bicyclic) bond motifs is 1. The van der Waals surface area contributed by atoms with Gasteiger partial charge >= 0.3 is 6.18 Å². The van der Waals surface area contributed by atoms with Crippen LogP contribution in [0.25, 0.3) is 22.3 Å². The Hall–Kier alpha value is -2.97. The number of rotatable bonds is 5. The Bertz CT molecular complexity index is 1420. The fourth-order valence-corrected chi connectivity index (χ4v) is 4.90. The zero-order chi connectivity index (χ0) is 25.1. The summed E-state index contributed by atoms with van der Waals surface area (Å²) in [6.07, 6.45) is -1.60. The van der Waals surface area contributed by atoms with Crippen molar-refractivity contribution in [2.45, 2.75) is 56.2 Å². The van der Waals surface area contributed by atoms with Crippen LogP contribution in [0.15, 0.2) is 35.4 Å². The van der Waals surface area contributed by atoms with Gasteiger partial charge in [-0.3, -0.25) is 4.98 Å². The van der Waals surface area contributed by atoms with Crippen molar-refractivity contribution < 1.29 is 27.4 Å². The van der Waals surface area contributed by atoms with Crippen LogP contribution in [-0.2, 0) is 10.0 Å². The number of benzene rings is 1. The van der Waals surface area contributed by atoms with Crippen LogP contribution in [0.4, 0.5) is 17.6 Å². The molecule has 2 aromatic heterocycles. The summed E-state index contributed by atoms with van der Waals surface area (Å²) in [5.41, 5.74) is 1.86. The molecule has 0 aliphatic heterocycles. The number of aromatic nitrogens is 2. The van der Waals surface area contributed by atoms with Crippen molar-refractivity contribution in [3.8, 4) is 17.5 Å². The van der Waals surface area contributed by atoms with E-state index >= 15 is 0 Å². The second-order valence-corrected chi connectivity index (χ2v) is 9.70. The van der Waals surface area contributed by atoms with Gasteiger partial charge in [-0.2, -0.15) is 23.2 Å². The fourth-order valence-electron chi connectivity index (χ4n) is 3.82. The lowest BCUT2D eigenvalue weighted by atomic mass is 9.92. The molecule has 11 heteroatoms. The topological polar surface area (TPSA) is 87.8 Å². The molecule has 0 bridgehead atoms. The van der Waals surface area contributed by atoms with E-state index in [0.717, 1.165) is 31.5 Å². The van der Waals surface area contributed by atoms with Gasteiger partial charge in [0, 0.05) is 17.6 Å². The molecule has 2 heterocycles. The van der Waals surface area contributed by atoms with Crippen LogP contribution >= 0.6 is 0 Å². The molecule has 6 nitrogen and oxygen atoms in total. The third kappa shape index (κ3) is 4.09. The molecule has 0 amide bonds. The maximum absolute atomic E-state index is 14.3. The molecule has 1 saturated carbocycles. The van der Waals surface area contributed by atoms with E-state index in [1.165, 1.54) is 16.9 Å². The van der Waals surface area contributed by atoms with E-state index in [4.69, 9.17) is 1.37 Å². The molecule has 1 aliphatic carbocycles. The van der Waals surface area contributed by atoms with Crippen molar-refractivity contribution in [1.82, 2.24) is 14.3 Å². The number of hydrogen-bond donors (Lipinski definition) is 1. The summed E-state index contributed by atoms with van der Waals surface area (Å²) in [5, 5.41) is 10.3. The Morgan fingerprint density at radius 3 is 2.55 bits per heavy atom. The highest BCUT2D eigenvalue weighted by atomic mass is 32.2. The highest BCUT2D eigenvalue weighted by Gasteiger charge is 2.39. The molecule has 174 valence electrons. The molecule has 4 rings (SSSR count). The molecule has 0 spiro atoms. The monoisotopic (exact) mass is 481 g/mol. The summed E-state index contributed by atoms with van der Waals surface area (Å²) >= 11 is 0. The standard InChI is InChI=1S/C22H20F4N4O2S/c1-12-8-20-16(9-18(12)23)17(10-27)21(30(20)14-4-3-5-14)19-7-6-15(11-28-19)33(31,32)29-13(2)22(24,25)26/h6-9,11,13-14,29H,3-5H2,1-2H3/t13-/m0/s1/i13D. The summed E-state index contributed by atoms with van der Waals surface area (Å²) in [4.78, 5) is 3.57. The van der Waals surface area contributed by atoms with E-state index in [1.807, 2.05) is 4.57 Å². The minimum Gasteiger partial charge on any atom is -0.335 e. The van der Waals surface area contributed by atoms with Crippen LogP contribution in [0.5, 0.6) is 0 Å². The van der Waals surface area contributed by atoms with E-state index in [9.17, 15) is 31.2 Å². The van der Waals surface area contributed by atoms with Gasteiger partial charge in [0.25, 0.3) is 0 Å². The Kier molecular flexibility index (Phi) is 5.37. The third-order valence-electron chi connectivity index (χ3n) is 5.84. The van der Waals surface area contributed by atoms with E-state index in [-0.39, 0.29) is 17.3 Å². The van der Waals surface area contributed by atoms with Crippen LogP contribution in [-0.4, -0.2) is 30.2 Å². The van der Waals surface area contributed by atoms with E-state index in [1.54, 1.807) is 13.0 Å². The fraction of sp³-hybridized carbons (Fsp3) is 0.364. The number of pyridine rings is 1. The molecule has 0 saturated heterocycles. The van der Waals surface area contributed by atoms with Crippen molar-refractivity contribution in [1.29, 1.82) is 5.26 Å². The average Bonchev–Trinajstić information content (AvgIpc) is 2.98. The number of halogens is 4. The van der Waals surface area contributed by atoms with Crippen LogP contribution in [0.1, 0.15) is 44.7 Å². The second-order valence-electron chi connectivity index (χ2n) is 8.02. The number of nitrogens with one attached hydrogen (secondary N) is 1. The Morgan fingerprint density at radius 1 is 1.33 bits per heavy atom. The molecule has 1 aliphatic rings. The number of hydrogen-bond acceptors (Lipinski definition) is 4. The lowest BCUT2D eigenvalue weighted by molar-refractivity contribution is -0.147. The number of nitrogens with zero attached hydrogens (tertiary/aromatic N) is 3. The molecule has 1 N–H and O–H groups in total. The van der Waals surface area contributed by atoms with Gasteiger partial charge < -0.3 is 4.57 Å². The molecular weight excluding hydrogens is 460 g/mol. The maximum Gasteiger partial charge on any atom is 0.404 e. The largest absolute Gasteiger partial charge is 0.404 e. The van der Waals surface area contributed by atoms with Crippen molar-refractivity contribution in [3.05, 3.63) is 47.4 Å². The van der Waals surface area contributed by atoms with Crippen molar-refractivity contribution >= 4 is 20.9 Å². The van der Waals surface area contributed by atoms with Crippen LogP contribution < -0.4 is 4.72 Å². The van der Waals surface area contributed by atoms with Gasteiger partial charge in [-0.05, 0) is 62.9 Å². The Labute approximate surface area is 189 Å². The highest BCUT2D eigenvalue weighted by Crippen LogP contribution is 2.42. The predicted molar refractivity (Wildman–Crippen MR) is 113 cm³/mol. The van der Waals surface area contributed by atoms with E-state index < -0.39 is 32.9 Å². The van der Waals surface area contributed by atoms with Crippen molar-refractivity contribution in [2.24, 2.45) is 0 Å². The lowest BCUT2D eigenvalue weighted by Gasteiger charge is -2.30. The molecule has 0 unspecified atom stereocenters. The minimum absolute atomic E-state index is 0.0483. The first kappa shape index (κ1) is 21.9. The first-order valence-corrected chi connectivity index (χ1v) is 11.6. The van der Waals surface area contributed by atoms with Gasteiger partial charge in [-0.1, -0.05) is 0 Å². The summed E-state index contributed by atoms with van der Waals surface area (Å²) in [7, 11) is -4.71. The summed E-state index contributed by atoms with van der Waals surface area (Å²) in [5.74, 6) is -0.468. The van der Waals surface area contributed by atoms with Gasteiger partial charge in [-0.25, -0.2) is 12.8 Å². The highest BCUT2D eigenvalue weighted by molar-refractivity contribution is 7.89. The normalized spacial score (nSPS) is 17.3. The minimum atomic E-state index is -5.13. The lowest BCUT2D eigenvalue weighted by Crippen LogP contribution is -2.42. The molecule has 1 aromatic carbocycles. The van der Waals surface area contributed by atoms with E-state index in [0.29, 0.717) is 29.1 Å². The van der Waals surface area contributed by atoms with Gasteiger partial charge in [0.2, 0.25) is 10.0 Å². The number of nitriles is 1. The van der Waals surface area contributed by atoms with Crippen molar-refractivity contribution in [3.63, 3.8) is 0 Å². The van der Waals surface area contributed by atoms with Crippen molar-refractivity contribution in [2.75, 3.05) is 0 Å². The number of sulfonamides is 1. The Balaban J connectivity index is 1.83. The van der Waals surface area contributed by atoms with Gasteiger partial charge in [-0.15, -0.1) is 0 Å². The summed E-state index contributed by atoms with van der Waals surface area (Å²) in [6.45, 7) is 2.01. The number of alkyl halides is 3. The average molecular weight is 481 g/mol. The third-order valence-corrected chi connectivity index (χ3v) is 7.27. The molecule has 0 radical (unpaired) electrons. The molecule has 33 heavy (non-hydrogen) atoms. The zero-order valence-corrected chi connectivity index (χ0v) is 18.5. The first-order chi connectivity index (χ1) is 15.8. The van der Waals surface area contributed by atoms with Crippen LogP contribution in [0.2, 0.25) is 0 Å². The number of aryl methyl sites for hydroxylation is 1. The summed E-state index contributed by atoms with van der Waals surface area (Å²) < 4.78 is 88.7. The maximum atomic E-state index is 14.3. The smallest absolute Gasteiger partial charge is 0.335 e. The predicted octanol–water partition coefficient (Wildman–Crippen LogP) is 4.98. The Morgan fingerprint density at radius 2 is 2.03 bits per heavy atom. The van der Waals surface area contributed by atoms with Gasteiger partial charge in [0.05, 0.1) is 23.8 Å². The summed E-state index contributed by atoms with van der Waals surface area (Å²) in [6, 6.07) is 4.00. The first-order valence-electron chi connectivity index (χ1n) is 10.6. The second kappa shape index (κ2) is 8.11. The van der Waals surface area contributed by atoms with E-state index in [2.05, 4.69) is 11.1 Å². The zero-order valence-electron chi connectivity index (χ0n) is 18.7. The molecule has 1 atom stereocenters.